The highest BCUT2D eigenvalue weighted by atomic mass is 16.5. The van der Waals surface area contributed by atoms with Crippen LogP contribution in [0, 0.1) is 5.92 Å². The van der Waals surface area contributed by atoms with Crippen LogP contribution < -0.4 is 10.6 Å². The van der Waals surface area contributed by atoms with Gasteiger partial charge in [-0.05, 0) is 42.7 Å². The summed E-state index contributed by atoms with van der Waals surface area (Å²) in [4.78, 5) is 37.4. The van der Waals surface area contributed by atoms with Crippen LogP contribution in [0.2, 0.25) is 0 Å². The topological polar surface area (TPSA) is 102 Å². The molecule has 2 amide bonds. The standard InChI is InChI=1S/C25H28N4O4/c1-4-33-25(32)21-13-14-29(28-21)20-12-8-11-19(16-20)26-24(31)23(18-9-6-5-7-10-18)27-22(30)15-17(2)3/h5-14,16-17,23H,4,15H2,1-3H3,(H,26,31)(H,27,30). The second-order valence-corrected chi connectivity index (χ2v) is 7.91. The van der Waals surface area contributed by atoms with Crippen LogP contribution in [0.5, 0.6) is 0 Å². The summed E-state index contributed by atoms with van der Waals surface area (Å²) in [5, 5.41) is 9.95. The number of carbonyl (C=O) groups excluding carboxylic acids is 3. The van der Waals surface area contributed by atoms with Gasteiger partial charge >= 0.3 is 5.97 Å². The van der Waals surface area contributed by atoms with Gasteiger partial charge in [-0.25, -0.2) is 9.48 Å². The molecule has 0 bridgehead atoms. The Balaban J connectivity index is 1.78. The molecular formula is C25H28N4O4. The quantitative estimate of drug-likeness (QED) is 0.484. The SMILES string of the molecule is CCOC(=O)c1ccn(-c2cccc(NC(=O)C(NC(=O)CC(C)C)c3ccccc3)c2)n1. The molecule has 0 radical (unpaired) electrons. The second-order valence-electron chi connectivity index (χ2n) is 7.91. The molecule has 0 aliphatic rings. The summed E-state index contributed by atoms with van der Waals surface area (Å²) >= 11 is 0. The van der Waals surface area contributed by atoms with Crippen molar-refractivity contribution in [3.8, 4) is 5.69 Å². The third-order valence-corrected chi connectivity index (χ3v) is 4.75. The first-order valence-corrected chi connectivity index (χ1v) is 10.9. The zero-order valence-electron chi connectivity index (χ0n) is 18.9. The molecule has 2 N–H and O–H groups in total. The molecule has 0 saturated carbocycles. The fraction of sp³-hybridized carbons (Fsp3) is 0.280. The number of anilines is 1. The van der Waals surface area contributed by atoms with Crippen molar-refractivity contribution >= 4 is 23.5 Å². The molecule has 1 unspecified atom stereocenters. The number of esters is 1. The van der Waals surface area contributed by atoms with Crippen molar-refractivity contribution in [2.45, 2.75) is 33.2 Å². The Morgan fingerprint density at radius 1 is 1.03 bits per heavy atom. The molecule has 0 fully saturated rings. The number of nitrogens with zero attached hydrogens (tertiary/aromatic N) is 2. The number of hydrogen-bond donors (Lipinski definition) is 2. The van der Waals surface area contributed by atoms with Crippen LogP contribution in [0.25, 0.3) is 5.69 Å². The van der Waals surface area contributed by atoms with Crippen molar-refractivity contribution in [3.63, 3.8) is 0 Å². The van der Waals surface area contributed by atoms with E-state index in [0.29, 0.717) is 23.4 Å². The van der Waals surface area contributed by atoms with Gasteiger partial charge in [0.2, 0.25) is 5.91 Å². The van der Waals surface area contributed by atoms with E-state index >= 15 is 0 Å². The molecule has 0 spiro atoms. The Bertz CT molecular complexity index is 1110. The van der Waals surface area contributed by atoms with Crippen molar-refractivity contribution in [2.24, 2.45) is 5.92 Å². The van der Waals surface area contributed by atoms with Gasteiger partial charge in [-0.1, -0.05) is 50.2 Å². The molecule has 0 aliphatic heterocycles. The summed E-state index contributed by atoms with van der Waals surface area (Å²) in [5.74, 6) is -0.868. The molecule has 3 rings (SSSR count). The molecule has 2 aromatic carbocycles. The predicted octanol–water partition coefficient (Wildman–Crippen LogP) is 3.89. The summed E-state index contributed by atoms with van der Waals surface area (Å²) in [6, 6.07) is 16.9. The zero-order chi connectivity index (χ0) is 23.8. The Morgan fingerprint density at radius 2 is 1.79 bits per heavy atom. The Kier molecular flexibility index (Phi) is 7.96. The number of carbonyl (C=O) groups is 3. The van der Waals surface area contributed by atoms with Gasteiger partial charge in [0.05, 0.1) is 12.3 Å². The lowest BCUT2D eigenvalue weighted by atomic mass is 10.0. The monoisotopic (exact) mass is 448 g/mol. The van der Waals surface area contributed by atoms with E-state index < -0.39 is 12.0 Å². The van der Waals surface area contributed by atoms with E-state index in [1.54, 1.807) is 55.6 Å². The maximum Gasteiger partial charge on any atom is 0.358 e. The van der Waals surface area contributed by atoms with Crippen molar-refractivity contribution in [1.82, 2.24) is 15.1 Å². The number of aromatic nitrogens is 2. The van der Waals surface area contributed by atoms with Gasteiger partial charge in [0, 0.05) is 18.3 Å². The lowest BCUT2D eigenvalue weighted by Gasteiger charge is -2.20. The number of amides is 2. The number of hydrogen-bond acceptors (Lipinski definition) is 5. The van der Waals surface area contributed by atoms with Gasteiger partial charge in [0.25, 0.3) is 5.91 Å². The molecular weight excluding hydrogens is 420 g/mol. The summed E-state index contributed by atoms with van der Waals surface area (Å²) in [6.45, 7) is 5.90. The fourth-order valence-corrected chi connectivity index (χ4v) is 3.26. The Morgan fingerprint density at radius 3 is 2.48 bits per heavy atom. The van der Waals surface area contributed by atoms with E-state index in [9.17, 15) is 14.4 Å². The molecule has 172 valence electrons. The van der Waals surface area contributed by atoms with E-state index in [4.69, 9.17) is 4.74 Å². The third kappa shape index (κ3) is 6.52. The van der Waals surface area contributed by atoms with Crippen LogP contribution in [0.15, 0.2) is 66.9 Å². The van der Waals surface area contributed by atoms with Gasteiger partial charge in [0.15, 0.2) is 5.69 Å². The first-order chi connectivity index (χ1) is 15.9. The first-order valence-electron chi connectivity index (χ1n) is 10.9. The van der Waals surface area contributed by atoms with Gasteiger partial charge in [0.1, 0.15) is 6.04 Å². The van der Waals surface area contributed by atoms with Crippen LogP contribution in [-0.4, -0.2) is 34.2 Å². The average molecular weight is 449 g/mol. The van der Waals surface area contributed by atoms with Gasteiger partial charge in [-0.15, -0.1) is 0 Å². The van der Waals surface area contributed by atoms with E-state index in [-0.39, 0.29) is 30.0 Å². The van der Waals surface area contributed by atoms with Crippen LogP contribution in [0.1, 0.15) is 49.3 Å². The van der Waals surface area contributed by atoms with Crippen molar-refractivity contribution in [1.29, 1.82) is 0 Å². The molecule has 1 heterocycles. The lowest BCUT2D eigenvalue weighted by molar-refractivity contribution is -0.127. The molecule has 8 heteroatoms. The van der Waals surface area contributed by atoms with E-state index in [1.165, 1.54) is 4.68 Å². The number of ether oxygens (including phenoxy) is 1. The van der Waals surface area contributed by atoms with Gasteiger partial charge < -0.3 is 15.4 Å². The van der Waals surface area contributed by atoms with E-state index in [1.807, 2.05) is 32.0 Å². The van der Waals surface area contributed by atoms with Crippen molar-refractivity contribution in [3.05, 3.63) is 78.1 Å². The third-order valence-electron chi connectivity index (χ3n) is 4.75. The van der Waals surface area contributed by atoms with Gasteiger partial charge in [-0.3, -0.25) is 9.59 Å². The van der Waals surface area contributed by atoms with Crippen LogP contribution in [-0.2, 0) is 14.3 Å². The average Bonchev–Trinajstić information content (AvgIpc) is 3.28. The second kappa shape index (κ2) is 11.1. The number of rotatable bonds is 9. The van der Waals surface area contributed by atoms with Crippen molar-refractivity contribution in [2.75, 3.05) is 11.9 Å². The fourth-order valence-electron chi connectivity index (χ4n) is 3.26. The van der Waals surface area contributed by atoms with E-state index in [2.05, 4.69) is 15.7 Å². The maximum atomic E-state index is 13.1. The highest BCUT2D eigenvalue weighted by Crippen LogP contribution is 2.19. The first kappa shape index (κ1) is 23.7. The lowest BCUT2D eigenvalue weighted by Crippen LogP contribution is -2.37. The highest BCUT2D eigenvalue weighted by Gasteiger charge is 2.23. The molecule has 8 nitrogen and oxygen atoms in total. The van der Waals surface area contributed by atoms with E-state index in [0.717, 1.165) is 0 Å². The molecule has 33 heavy (non-hydrogen) atoms. The minimum atomic E-state index is -0.832. The number of benzene rings is 2. The summed E-state index contributed by atoms with van der Waals surface area (Å²) in [5.41, 5.74) is 2.07. The summed E-state index contributed by atoms with van der Waals surface area (Å²) < 4.78 is 6.50. The Hall–Kier alpha value is -3.94. The smallest absolute Gasteiger partial charge is 0.358 e. The minimum absolute atomic E-state index is 0.176. The molecule has 0 aliphatic carbocycles. The predicted molar refractivity (Wildman–Crippen MR) is 125 cm³/mol. The van der Waals surface area contributed by atoms with Crippen LogP contribution >= 0.6 is 0 Å². The molecule has 1 atom stereocenters. The molecule has 0 saturated heterocycles. The normalized spacial score (nSPS) is 11.6. The highest BCUT2D eigenvalue weighted by molar-refractivity contribution is 5.98. The summed E-state index contributed by atoms with van der Waals surface area (Å²) in [6.07, 6.45) is 1.97. The number of nitrogens with one attached hydrogen (secondary N) is 2. The largest absolute Gasteiger partial charge is 0.461 e. The van der Waals surface area contributed by atoms with Crippen LogP contribution in [0.4, 0.5) is 5.69 Å². The van der Waals surface area contributed by atoms with Crippen LogP contribution in [0.3, 0.4) is 0 Å². The molecule has 3 aromatic rings. The van der Waals surface area contributed by atoms with Crippen molar-refractivity contribution < 1.29 is 19.1 Å². The maximum absolute atomic E-state index is 13.1. The minimum Gasteiger partial charge on any atom is -0.461 e. The molecule has 1 aromatic heterocycles. The van der Waals surface area contributed by atoms with Gasteiger partial charge in [-0.2, -0.15) is 5.10 Å². The zero-order valence-corrected chi connectivity index (χ0v) is 18.9. The Labute approximate surface area is 193 Å². The summed E-state index contributed by atoms with van der Waals surface area (Å²) in [7, 11) is 0.